The fraction of sp³-hybridized carbons (Fsp3) is 0.600. The van der Waals surface area contributed by atoms with Crippen LogP contribution in [0.2, 0.25) is 0 Å². The number of nitrogens with one attached hydrogen (secondary N) is 2. The summed E-state index contributed by atoms with van der Waals surface area (Å²) in [6.07, 6.45) is 6.39. The summed E-state index contributed by atoms with van der Waals surface area (Å²) in [5.74, 6) is 0. The molecule has 1 fully saturated rings. The van der Waals surface area contributed by atoms with Crippen molar-refractivity contribution < 1.29 is 8.42 Å². The van der Waals surface area contributed by atoms with Crippen molar-refractivity contribution in [2.24, 2.45) is 5.41 Å². The van der Waals surface area contributed by atoms with Gasteiger partial charge in [0.1, 0.15) is 4.90 Å². The maximum atomic E-state index is 11.8. The van der Waals surface area contributed by atoms with Gasteiger partial charge in [-0.2, -0.15) is 0 Å². The molecule has 0 unspecified atom stereocenters. The molecule has 21 heavy (non-hydrogen) atoms. The second kappa shape index (κ2) is 6.23. The molecule has 0 aromatic heterocycles. The third-order valence-corrected chi connectivity index (χ3v) is 5.84. The predicted octanol–water partition coefficient (Wildman–Crippen LogP) is 2.56. The lowest BCUT2D eigenvalue weighted by Crippen LogP contribution is -2.29. The molecule has 4 N–H and O–H groups in total. The highest BCUT2D eigenvalue weighted by atomic mass is 32.2. The van der Waals surface area contributed by atoms with E-state index < -0.39 is 10.0 Å². The zero-order chi connectivity index (χ0) is 15.5. The number of nitrogens with two attached hydrogens (primary N) is 1. The fourth-order valence-corrected chi connectivity index (χ4v) is 3.75. The second-order valence-corrected chi connectivity index (χ2v) is 8.04. The molecule has 0 saturated heterocycles. The number of nitrogen functional groups attached to an aromatic ring is 1. The molecule has 1 saturated carbocycles. The van der Waals surface area contributed by atoms with Crippen LogP contribution in [0, 0.1) is 5.41 Å². The van der Waals surface area contributed by atoms with Gasteiger partial charge in [-0.25, -0.2) is 13.1 Å². The van der Waals surface area contributed by atoms with E-state index in [0.29, 0.717) is 5.41 Å². The number of sulfonamides is 1. The van der Waals surface area contributed by atoms with E-state index in [9.17, 15) is 8.42 Å². The van der Waals surface area contributed by atoms with E-state index in [1.54, 1.807) is 18.2 Å². The maximum Gasteiger partial charge on any atom is 0.242 e. The van der Waals surface area contributed by atoms with Gasteiger partial charge in [0.05, 0.1) is 5.69 Å². The van der Waals surface area contributed by atoms with E-state index in [0.717, 1.165) is 12.2 Å². The summed E-state index contributed by atoms with van der Waals surface area (Å²) < 4.78 is 25.8. The Morgan fingerprint density at radius 3 is 2.48 bits per heavy atom. The standard InChI is InChI=1S/C15H25N3O2S/c1-15(8-4-3-5-9-15)11-18-12-6-7-14(13(16)10-12)21(19,20)17-2/h6-7,10,17-18H,3-5,8-9,11,16H2,1-2H3. The first-order valence-corrected chi connectivity index (χ1v) is 8.92. The Bertz CT molecular complexity index is 593. The van der Waals surface area contributed by atoms with Crippen LogP contribution in [0.3, 0.4) is 0 Å². The Hall–Kier alpha value is -1.27. The van der Waals surface area contributed by atoms with Crippen LogP contribution in [0.5, 0.6) is 0 Å². The van der Waals surface area contributed by atoms with Crippen LogP contribution in [0.15, 0.2) is 23.1 Å². The van der Waals surface area contributed by atoms with Gasteiger partial charge < -0.3 is 11.1 Å². The van der Waals surface area contributed by atoms with Crippen LogP contribution >= 0.6 is 0 Å². The van der Waals surface area contributed by atoms with Crippen LogP contribution in [0.25, 0.3) is 0 Å². The Balaban J connectivity index is 2.07. The SMILES string of the molecule is CNS(=O)(=O)c1ccc(NCC2(C)CCCCC2)cc1N. The Morgan fingerprint density at radius 1 is 1.24 bits per heavy atom. The third kappa shape index (κ3) is 3.89. The van der Waals surface area contributed by atoms with Crippen LogP contribution in [-0.2, 0) is 10.0 Å². The van der Waals surface area contributed by atoms with Crippen molar-refractivity contribution in [3.63, 3.8) is 0 Å². The van der Waals surface area contributed by atoms with Crippen molar-refractivity contribution in [1.29, 1.82) is 0 Å². The van der Waals surface area contributed by atoms with E-state index in [4.69, 9.17) is 5.73 Å². The minimum Gasteiger partial charge on any atom is -0.398 e. The molecular weight excluding hydrogens is 286 g/mol. The molecule has 1 aromatic carbocycles. The highest BCUT2D eigenvalue weighted by Gasteiger charge is 2.26. The van der Waals surface area contributed by atoms with Gasteiger partial charge in [0.2, 0.25) is 10.0 Å². The van der Waals surface area contributed by atoms with E-state index in [1.807, 2.05) is 0 Å². The summed E-state index contributed by atoms with van der Waals surface area (Å²) in [5, 5.41) is 3.40. The average molecular weight is 311 g/mol. The normalized spacial score (nSPS) is 18.4. The summed E-state index contributed by atoms with van der Waals surface area (Å²) >= 11 is 0. The lowest BCUT2D eigenvalue weighted by Gasteiger charge is -2.34. The van der Waals surface area contributed by atoms with Crippen molar-refractivity contribution in [3.8, 4) is 0 Å². The van der Waals surface area contributed by atoms with Gasteiger partial charge in [-0.1, -0.05) is 26.2 Å². The predicted molar refractivity (Wildman–Crippen MR) is 86.8 cm³/mol. The lowest BCUT2D eigenvalue weighted by atomic mass is 9.76. The van der Waals surface area contributed by atoms with Crippen molar-refractivity contribution in [3.05, 3.63) is 18.2 Å². The Kier molecular flexibility index (Phi) is 4.78. The van der Waals surface area contributed by atoms with E-state index in [-0.39, 0.29) is 10.6 Å². The fourth-order valence-electron chi connectivity index (χ4n) is 2.91. The highest BCUT2D eigenvalue weighted by Crippen LogP contribution is 2.36. The van der Waals surface area contributed by atoms with Crippen molar-refractivity contribution >= 4 is 21.4 Å². The summed E-state index contributed by atoms with van der Waals surface area (Å²) in [6, 6.07) is 5.01. The van der Waals surface area contributed by atoms with Crippen molar-refractivity contribution in [2.45, 2.75) is 43.9 Å². The molecule has 0 atom stereocenters. The van der Waals surface area contributed by atoms with E-state index in [2.05, 4.69) is 17.0 Å². The van der Waals surface area contributed by atoms with Crippen molar-refractivity contribution in [2.75, 3.05) is 24.6 Å². The minimum absolute atomic E-state index is 0.124. The summed E-state index contributed by atoms with van der Waals surface area (Å²) in [4.78, 5) is 0.124. The molecule has 0 heterocycles. The molecule has 1 aliphatic carbocycles. The molecule has 0 radical (unpaired) electrons. The summed E-state index contributed by atoms with van der Waals surface area (Å²) in [6.45, 7) is 3.20. The van der Waals surface area contributed by atoms with Crippen molar-refractivity contribution in [1.82, 2.24) is 4.72 Å². The number of anilines is 2. The van der Waals surface area contributed by atoms with Gasteiger partial charge in [-0.3, -0.25) is 0 Å². The average Bonchev–Trinajstić information content (AvgIpc) is 2.46. The molecule has 0 spiro atoms. The molecule has 118 valence electrons. The maximum absolute atomic E-state index is 11.8. The molecule has 2 rings (SSSR count). The lowest BCUT2D eigenvalue weighted by molar-refractivity contribution is 0.233. The zero-order valence-corrected chi connectivity index (χ0v) is 13.6. The Morgan fingerprint density at radius 2 is 1.90 bits per heavy atom. The first-order chi connectivity index (χ1) is 9.86. The molecule has 0 bridgehead atoms. The Labute approximate surface area is 127 Å². The van der Waals surface area contributed by atoms with Gasteiger partial charge in [0, 0.05) is 12.2 Å². The molecule has 1 aromatic rings. The molecule has 1 aliphatic rings. The van der Waals surface area contributed by atoms with Gasteiger partial charge in [-0.15, -0.1) is 0 Å². The van der Waals surface area contributed by atoms with Gasteiger partial charge in [-0.05, 0) is 43.5 Å². The smallest absolute Gasteiger partial charge is 0.242 e. The summed E-state index contributed by atoms with van der Waals surface area (Å²) in [7, 11) is -2.12. The molecule has 5 nitrogen and oxygen atoms in total. The molecule has 0 aliphatic heterocycles. The number of benzene rings is 1. The number of hydrogen-bond acceptors (Lipinski definition) is 4. The van der Waals surface area contributed by atoms with Gasteiger partial charge >= 0.3 is 0 Å². The second-order valence-electron chi connectivity index (χ2n) is 6.19. The monoisotopic (exact) mass is 311 g/mol. The minimum atomic E-state index is -3.50. The molecule has 6 heteroatoms. The van der Waals surface area contributed by atoms with E-state index >= 15 is 0 Å². The molecule has 0 amide bonds. The summed E-state index contributed by atoms with van der Waals surface area (Å²) in [5.41, 5.74) is 7.32. The third-order valence-electron chi connectivity index (χ3n) is 4.35. The zero-order valence-electron chi connectivity index (χ0n) is 12.8. The number of hydrogen-bond donors (Lipinski definition) is 3. The highest BCUT2D eigenvalue weighted by molar-refractivity contribution is 7.89. The largest absolute Gasteiger partial charge is 0.398 e. The van der Waals surface area contributed by atoms with Crippen LogP contribution in [-0.4, -0.2) is 22.0 Å². The first kappa shape index (κ1) is 16.1. The van der Waals surface area contributed by atoms with Crippen LogP contribution in [0.1, 0.15) is 39.0 Å². The van der Waals surface area contributed by atoms with Crippen LogP contribution < -0.4 is 15.8 Å². The van der Waals surface area contributed by atoms with Gasteiger partial charge in [0.25, 0.3) is 0 Å². The van der Waals surface area contributed by atoms with Gasteiger partial charge in [0.15, 0.2) is 0 Å². The number of rotatable bonds is 5. The molecular formula is C15H25N3O2S. The van der Waals surface area contributed by atoms with Crippen LogP contribution in [0.4, 0.5) is 11.4 Å². The van der Waals surface area contributed by atoms with E-state index in [1.165, 1.54) is 39.2 Å². The first-order valence-electron chi connectivity index (χ1n) is 7.43. The topological polar surface area (TPSA) is 84.2 Å². The quantitative estimate of drug-likeness (QED) is 0.730.